The normalized spacial score (nSPS) is 20.6. The van der Waals surface area contributed by atoms with Gasteiger partial charge in [0.05, 0.1) is 11.4 Å². The number of fused-ring (bicyclic) bond motifs is 5. The maximum atomic E-state index is 6.50. The number of halogens is 1. The van der Waals surface area contributed by atoms with Gasteiger partial charge < -0.3 is 9.64 Å². The molecule has 0 aromatic heterocycles. The van der Waals surface area contributed by atoms with E-state index in [2.05, 4.69) is 65.6 Å². The Hall–Kier alpha value is -2.55. The Labute approximate surface area is 151 Å². The average molecular weight is 346 g/mol. The van der Waals surface area contributed by atoms with Crippen LogP contribution >= 0.6 is 11.6 Å². The van der Waals surface area contributed by atoms with E-state index in [0.29, 0.717) is 0 Å². The van der Waals surface area contributed by atoms with Crippen molar-refractivity contribution in [2.75, 3.05) is 4.90 Å². The minimum absolute atomic E-state index is 0.107. The molecule has 3 aromatic carbocycles. The van der Waals surface area contributed by atoms with Gasteiger partial charge in [0.25, 0.3) is 0 Å². The van der Waals surface area contributed by atoms with Crippen LogP contribution in [0.4, 0.5) is 11.4 Å². The molecule has 2 aliphatic rings. The summed E-state index contributed by atoms with van der Waals surface area (Å²) in [6, 6.07) is 24.8. The van der Waals surface area contributed by atoms with Crippen LogP contribution in [0.15, 0.2) is 78.9 Å². The van der Waals surface area contributed by atoms with Crippen molar-refractivity contribution in [3.05, 3.63) is 101 Å². The highest BCUT2D eigenvalue weighted by molar-refractivity contribution is 6.30. The van der Waals surface area contributed by atoms with Gasteiger partial charge in [-0.3, -0.25) is 0 Å². The molecule has 3 aromatic rings. The van der Waals surface area contributed by atoms with E-state index >= 15 is 0 Å². The van der Waals surface area contributed by atoms with Gasteiger partial charge in [0.15, 0.2) is 6.23 Å². The van der Waals surface area contributed by atoms with Crippen LogP contribution in [0, 0.1) is 0 Å². The summed E-state index contributed by atoms with van der Waals surface area (Å²) in [4.78, 5) is 2.27. The SMILES string of the molecule is Clc1ccc(C2OC3C=Cc4ccccc4N3c3ccccc32)cc1. The largest absolute Gasteiger partial charge is 0.342 e. The highest BCUT2D eigenvalue weighted by Crippen LogP contribution is 2.46. The number of hydrogen-bond donors (Lipinski definition) is 0. The Kier molecular flexibility index (Phi) is 3.40. The summed E-state index contributed by atoms with van der Waals surface area (Å²) in [5, 5.41) is 0.737. The second-order valence-corrected chi connectivity index (χ2v) is 6.74. The fourth-order valence-corrected chi connectivity index (χ4v) is 3.79. The topological polar surface area (TPSA) is 12.5 Å². The van der Waals surface area contributed by atoms with Gasteiger partial charge in [-0.1, -0.05) is 66.2 Å². The van der Waals surface area contributed by atoms with Crippen LogP contribution in [0.3, 0.4) is 0 Å². The molecule has 3 heteroatoms. The molecule has 0 radical (unpaired) electrons. The van der Waals surface area contributed by atoms with Gasteiger partial charge in [-0.2, -0.15) is 0 Å². The number of hydrogen-bond acceptors (Lipinski definition) is 2. The first-order valence-electron chi connectivity index (χ1n) is 8.37. The van der Waals surface area contributed by atoms with Crippen molar-refractivity contribution < 1.29 is 4.74 Å². The first-order valence-corrected chi connectivity index (χ1v) is 8.75. The van der Waals surface area contributed by atoms with Gasteiger partial charge in [0, 0.05) is 10.6 Å². The molecular formula is C22H16ClNO. The molecule has 2 nitrogen and oxygen atoms in total. The molecule has 25 heavy (non-hydrogen) atoms. The zero-order valence-electron chi connectivity index (χ0n) is 13.5. The summed E-state index contributed by atoms with van der Waals surface area (Å²) >= 11 is 6.06. The summed E-state index contributed by atoms with van der Waals surface area (Å²) in [5.74, 6) is 0. The molecule has 5 rings (SSSR count). The Morgan fingerprint density at radius 3 is 2.36 bits per heavy atom. The lowest BCUT2D eigenvalue weighted by molar-refractivity contribution is 0.0302. The molecular weight excluding hydrogens is 330 g/mol. The lowest BCUT2D eigenvalue weighted by atomic mass is 9.95. The molecule has 0 bridgehead atoms. The van der Waals surface area contributed by atoms with Crippen LogP contribution in [0.1, 0.15) is 22.8 Å². The van der Waals surface area contributed by atoms with Crippen molar-refractivity contribution in [1.82, 2.24) is 0 Å². The highest BCUT2D eigenvalue weighted by atomic mass is 35.5. The van der Waals surface area contributed by atoms with Crippen LogP contribution in [-0.2, 0) is 4.74 Å². The molecule has 2 aliphatic heterocycles. The fourth-order valence-electron chi connectivity index (χ4n) is 3.67. The number of anilines is 2. The Morgan fingerprint density at radius 2 is 1.52 bits per heavy atom. The van der Waals surface area contributed by atoms with E-state index in [1.54, 1.807) is 0 Å². The predicted molar refractivity (Wildman–Crippen MR) is 102 cm³/mol. The van der Waals surface area contributed by atoms with Crippen LogP contribution in [0.25, 0.3) is 6.08 Å². The average Bonchev–Trinajstić information content (AvgIpc) is 2.67. The van der Waals surface area contributed by atoms with E-state index < -0.39 is 0 Å². The van der Waals surface area contributed by atoms with Gasteiger partial charge in [-0.05, 0) is 41.5 Å². The zero-order chi connectivity index (χ0) is 16.8. The first-order chi connectivity index (χ1) is 12.3. The van der Waals surface area contributed by atoms with E-state index in [0.717, 1.165) is 10.6 Å². The Bertz CT molecular complexity index is 964. The number of nitrogens with zero attached hydrogens (tertiary/aromatic N) is 1. The Morgan fingerprint density at radius 1 is 0.800 bits per heavy atom. The van der Waals surface area contributed by atoms with Crippen molar-refractivity contribution >= 4 is 29.1 Å². The molecule has 0 N–H and O–H groups in total. The summed E-state index contributed by atoms with van der Waals surface area (Å²) < 4.78 is 6.50. The molecule has 2 heterocycles. The highest BCUT2D eigenvalue weighted by Gasteiger charge is 2.35. The van der Waals surface area contributed by atoms with Crippen LogP contribution < -0.4 is 4.90 Å². The Balaban J connectivity index is 1.67. The van der Waals surface area contributed by atoms with E-state index in [-0.39, 0.29) is 12.3 Å². The van der Waals surface area contributed by atoms with E-state index in [4.69, 9.17) is 16.3 Å². The second kappa shape index (κ2) is 5.76. The van der Waals surface area contributed by atoms with Crippen molar-refractivity contribution in [3.8, 4) is 0 Å². The number of para-hydroxylation sites is 2. The molecule has 0 aliphatic carbocycles. The van der Waals surface area contributed by atoms with Gasteiger partial charge in [0.1, 0.15) is 6.10 Å². The van der Waals surface area contributed by atoms with Crippen molar-refractivity contribution in [3.63, 3.8) is 0 Å². The van der Waals surface area contributed by atoms with E-state index in [1.807, 2.05) is 24.3 Å². The minimum atomic E-state index is -0.120. The summed E-state index contributed by atoms with van der Waals surface area (Å²) in [6.07, 6.45) is 4.04. The molecule has 2 unspecified atom stereocenters. The van der Waals surface area contributed by atoms with Gasteiger partial charge in [-0.25, -0.2) is 0 Å². The molecule has 0 saturated carbocycles. The summed E-state index contributed by atoms with van der Waals surface area (Å²) in [6.45, 7) is 0. The molecule has 0 spiro atoms. The standard InChI is InChI=1S/C22H16ClNO/c23-17-12-9-16(10-13-17)22-18-6-2-4-8-20(18)24-19-7-3-1-5-15(19)11-14-21(24)25-22/h1-14,21-22H. The smallest absolute Gasteiger partial charge is 0.155 e. The van der Waals surface area contributed by atoms with Crippen LogP contribution in [0.5, 0.6) is 0 Å². The van der Waals surface area contributed by atoms with E-state index in [9.17, 15) is 0 Å². The van der Waals surface area contributed by atoms with Crippen LogP contribution in [0.2, 0.25) is 5.02 Å². The maximum absolute atomic E-state index is 6.50. The zero-order valence-corrected chi connectivity index (χ0v) is 14.2. The van der Waals surface area contributed by atoms with Gasteiger partial charge in [-0.15, -0.1) is 0 Å². The van der Waals surface area contributed by atoms with Crippen LogP contribution in [-0.4, -0.2) is 6.23 Å². The lowest BCUT2D eigenvalue weighted by Crippen LogP contribution is -2.40. The summed E-state index contributed by atoms with van der Waals surface area (Å²) in [7, 11) is 0. The van der Waals surface area contributed by atoms with Crippen molar-refractivity contribution in [2.24, 2.45) is 0 Å². The molecule has 0 fully saturated rings. The van der Waals surface area contributed by atoms with Crippen molar-refractivity contribution in [2.45, 2.75) is 12.3 Å². The van der Waals surface area contributed by atoms with E-state index in [1.165, 1.54) is 22.5 Å². The third-order valence-corrected chi connectivity index (χ3v) is 5.07. The molecule has 0 amide bonds. The molecule has 122 valence electrons. The third-order valence-electron chi connectivity index (χ3n) is 4.82. The third kappa shape index (κ3) is 2.38. The first kappa shape index (κ1) is 14.8. The predicted octanol–water partition coefficient (Wildman–Crippen LogP) is 5.95. The maximum Gasteiger partial charge on any atom is 0.155 e. The number of benzene rings is 3. The minimum Gasteiger partial charge on any atom is -0.342 e. The van der Waals surface area contributed by atoms with Gasteiger partial charge >= 0.3 is 0 Å². The number of ether oxygens (including phenoxy) is 1. The molecule has 0 saturated heterocycles. The monoisotopic (exact) mass is 345 g/mol. The second-order valence-electron chi connectivity index (χ2n) is 6.30. The lowest BCUT2D eigenvalue weighted by Gasteiger charge is -2.43. The van der Waals surface area contributed by atoms with Gasteiger partial charge in [0.2, 0.25) is 0 Å². The summed E-state index contributed by atoms with van der Waals surface area (Å²) in [5.41, 5.74) is 5.87. The van der Waals surface area contributed by atoms with Crippen molar-refractivity contribution in [1.29, 1.82) is 0 Å². The molecule has 2 atom stereocenters. The number of rotatable bonds is 1. The fraction of sp³-hybridized carbons (Fsp3) is 0.0909. The quantitative estimate of drug-likeness (QED) is 0.540.